The van der Waals surface area contributed by atoms with Crippen molar-refractivity contribution in [3.8, 4) is 0 Å². The van der Waals surface area contributed by atoms with Crippen molar-refractivity contribution in [2.24, 2.45) is 0 Å². The highest BCUT2D eigenvalue weighted by Gasteiger charge is 2.32. The van der Waals surface area contributed by atoms with Crippen molar-refractivity contribution in [1.29, 1.82) is 0 Å². The lowest BCUT2D eigenvalue weighted by Crippen LogP contribution is -2.52. The molecule has 1 aromatic rings. The third kappa shape index (κ3) is 4.90. The highest BCUT2D eigenvalue weighted by atomic mass is 16.4. The molecular weight excluding hydrogens is 358 g/mol. The molecule has 0 bridgehead atoms. The second-order valence-electron chi connectivity index (χ2n) is 7.76. The molecule has 2 aliphatic rings. The number of rotatable bonds is 5. The lowest BCUT2D eigenvalue weighted by molar-refractivity contribution is -0.146. The number of piperidine rings is 2. The van der Waals surface area contributed by atoms with Crippen LogP contribution in [0.15, 0.2) is 24.3 Å². The summed E-state index contributed by atoms with van der Waals surface area (Å²) in [5, 5.41) is 12.4. The van der Waals surface area contributed by atoms with Crippen LogP contribution >= 0.6 is 0 Å². The molecule has 7 heteroatoms. The second kappa shape index (κ2) is 9.19. The minimum absolute atomic E-state index is 0.0168. The maximum Gasteiger partial charge on any atom is 0.320 e. The monoisotopic (exact) mass is 387 g/mol. The van der Waals surface area contributed by atoms with E-state index >= 15 is 0 Å². The number of nitrogens with one attached hydrogen (secondary N) is 1. The van der Waals surface area contributed by atoms with Crippen molar-refractivity contribution < 1.29 is 19.5 Å². The van der Waals surface area contributed by atoms with Gasteiger partial charge in [0.05, 0.1) is 6.54 Å². The number of nitrogens with zero attached hydrogens (tertiary/aromatic N) is 2. The van der Waals surface area contributed by atoms with Gasteiger partial charge in [0.15, 0.2) is 0 Å². The summed E-state index contributed by atoms with van der Waals surface area (Å²) in [5.41, 5.74) is 1.63. The molecule has 7 nitrogen and oxygen atoms in total. The Kier molecular flexibility index (Phi) is 6.67. The van der Waals surface area contributed by atoms with E-state index in [0.717, 1.165) is 18.4 Å². The van der Waals surface area contributed by atoms with Crippen LogP contribution < -0.4 is 5.32 Å². The highest BCUT2D eigenvalue weighted by Crippen LogP contribution is 2.18. The summed E-state index contributed by atoms with van der Waals surface area (Å²) in [4.78, 5) is 40.1. The van der Waals surface area contributed by atoms with Crippen LogP contribution in [0.25, 0.3) is 0 Å². The Balaban J connectivity index is 1.48. The van der Waals surface area contributed by atoms with Crippen molar-refractivity contribution >= 4 is 17.8 Å². The van der Waals surface area contributed by atoms with Gasteiger partial charge in [0.1, 0.15) is 6.04 Å². The molecule has 0 aromatic heterocycles. The Hall–Kier alpha value is -2.41. The molecule has 1 atom stereocenters. The molecule has 3 rings (SSSR count). The van der Waals surface area contributed by atoms with Gasteiger partial charge in [0, 0.05) is 24.7 Å². The van der Waals surface area contributed by atoms with Gasteiger partial charge in [0.2, 0.25) is 5.91 Å². The van der Waals surface area contributed by atoms with E-state index < -0.39 is 12.0 Å². The van der Waals surface area contributed by atoms with E-state index in [1.54, 1.807) is 9.80 Å². The van der Waals surface area contributed by atoms with Crippen molar-refractivity contribution in [3.63, 3.8) is 0 Å². The predicted octanol–water partition coefficient (Wildman–Crippen LogP) is 1.65. The summed E-state index contributed by atoms with van der Waals surface area (Å²) in [6.07, 6.45) is 3.87. The van der Waals surface area contributed by atoms with E-state index in [1.165, 1.54) is 0 Å². The number of amides is 2. The van der Waals surface area contributed by atoms with Crippen molar-refractivity contribution in [2.45, 2.75) is 51.1 Å². The second-order valence-corrected chi connectivity index (χ2v) is 7.76. The summed E-state index contributed by atoms with van der Waals surface area (Å²) < 4.78 is 0. The van der Waals surface area contributed by atoms with Crippen LogP contribution in [0.1, 0.15) is 48.0 Å². The van der Waals surface area contributed by atoms with Gasteiger partial charge in [-0.2, -0.15) is 0 Å². The number of hydrogen-bond acceptors (Lipinski definition) is 4. The zero-order chi connectivity index (χ0) is 20.1. The fourth-order valence-corrected chi connectivity index (χ4v) is 4.10. The molecule has 2 fully saturated rings. The van der Waals surface area contributed by atoms with Crippen LogP contribution in [0.5, 0.6) is 0 Å². The minimum atomic E-state index is -0.842. The maximum absolute atomic E-state index is 12.6. The fraction of sp³-hybridized carbons (Fsp3) is 0.571. The van der Waals surface area contributed by atoms with Gasteiger partial charge in [-0.3, -0.25) is 19.3 Å². The number of carbonyl (C=O) groups excluding carboxylic acids is 2. The largest absolute Gasteiger partial charge is 0.480 e. The molecule has 1 aromatic carbocycles. The van der Waals surface area contributed by atoms with Gasteiger partial charge >= 0.3 is 5.97 Å². The summed E-state index contributed by atoms with van der Waals surface area (Å²) in [7, 11) is 0. The summed E-state index contributed by atoms with van der Waals surface area (Å²) in [6, 6.07) is 7.01. The average molecular weight is 387 g/mol. The van der Waals surface area contributed by atoms with E-state index in [1.807, 2.05) is 31.2 Å². The fourth-order valence-electron chi connectivity index (χ4n) is 4.10. The molecule has 0 spiro atoms. The van der Waals surface area contributed by atoms with E-state index in [9.17, 15) is 19.5 Å². The van der Waals surface area contributed by atoms with Crippen LogP contribution in [-0.4, -0.2) is 71.0 Å². The van der Waals surface area contributed by atoms with E-state index in [-0.39, 0.29) is 24.4 Å². The molecule has 0 radical (unpaired) electrons. The van der Waals surface area contributed by atoms with E-state index in [4.69, 9.17) is 0 Å². The normalized spacial score (nSPS) is 21.3. The number of hydrogen-bond donors (Lipinski definition) is 2. The average Bonchev–Trinajstić information content (AvgIpc) is 2.69. The number of aliphatic carboxylic acids is 1. The Bertz CT molecular complexity index is 728. The molecule has 2 aliphatic heterocycles. The number of carboxylic acid groups (broad SMARTS) is 1. The SMILES string of the molecule is Cc1ccccc1C(=O)NC1CCN(C(=O)CN2CCCCC2C(=O)O)CC1. The zero-order valence-electron chi connectivity index (χ0n) is 16.4. The van der Waals surface area contributed by atoms with Crippen LogP contribution in [0.2, 0.25) is 0 Å². The Morgan fingerprint density at radius 3 is 2.46 bits per heavy atom. The molecule has 28 heavy (non-hydrogen) atoms. The molecule has 0 aliphatic carbocycles. The molecule has 1 unspecified atom stereocenters. The van der Waals surface area contributed by atoms with Crippen molar-refractivity contribution in [2.75, 3.05) is 26.2 Å². The molecule has 2 N–H and O–H groups in total. The molecular formula is C21H29N3O4. The number of likely N-dealkylation sites (tertiary alicyclic amines) is 2. The Labute approximate surface area is 165 Å². The summed E-state index contributed by atoms with van der Waals surface area (Å²) in [6.45, 7) is 3.91. The van der Waals surface area contributed by atoms with E-state index in [2.05, 4.69) is 5.32 Å². The third-order valence-electron chi connectivity index (χ3n) is 5.81. The lowest BCUT2D eigenvalue weighted by atomic mass is 10.0. The molecule has 152 valence electrons. The molecule has 0 saturated carbocycles. The van der Waals surface area contributed by atoms with Crippen molar-refractivity contribution in [1.82, 2.24) is 15.1 Å². The number of carboxylic acids is 1. The first kappa shape index (κ1) is 20.3. The molecule has 2 heterocycles. The van der Waals surface area contributed by atoms with Gasteiger partial charge in [-0.25, -0.2) is 0 Å². The van der Waals surface area contributed by atoms with Crippen LogP contribution in [0, 0.1) is 6.92 Å². The van der Waals surface area contributed by atoms with Gasteiger partial charge < -0.3 is 15.3 Å². The quantitative estimate of drug-likeness (QED) is 0.802. The first-order valence-corrected chi connectivity index (χ1v) is 10.1. The Morgan fingerprint density at radius 1 is 1.07 bits per heavy atom. The molecule has 2 amide bonds. The number of benzene rings is 1. The lowest BCUT2D eigenvalue weighted by Gasteiger charge is -2.36. The maximum atomic E-state index is 12.6. The number of aryl methyl sites for hydroxylation is 1. The third-order valence-corrected chi connectivity index (χ3v) is 5.81. The first-order chi connectivity index (χ1) is 13.5. The summed E-state index contributed by atoms with van der Waals surface area (Å²) in [5.74, 6) is -0.928. The first-order valence-electron chi connectivity index (χ1n) is 10.1. The zero-order valence-corrected chi connectivity index (χ0v) is 16.4. The van der Waals surface area contributed by atoms with Crippen LogP contribution in [0.3, 0.4) is 0 Å². The highest BCUT2D eigenvalue weighted by molar-refractivity contribution is 5.95. The summed E-state index contributed by atoms with van der Waals surface area (Å²) >= 11 is 0. The minimum Gasteiger partial charge on any atom is -0.480 e. The van der Waals surface area contributed by atoms with Crippen LogP contribution in [-0.2, 0) is 9.59 Å². The topological polar surface area (TPSA) is 90.0 Å². The Morgan fingerprint density at radius 2 is 1.79 bits per heavy atom. The van der Waals surface area contributed by atoms with Gasteiger partial charge in [-0.15, -0.1) is 0 Å². The molecule has 2 saturated heterocycles. The standard InChI is InChI=1S/C21H29N3O4/c1-15-6-2-3-7-17(15)20(26)22-16-9-12-23(13-10-16)19(25)14-24-11-5-4-8-18(24)21(27)28/h2-3,6-7,16,18H,4-5,8-14H2,1H3,(H,22,26)(H,27,28). The van der Waals surface area contributed by atoms with Gasteiger partial charge in [-0.1, -0.05) is 24.6 Å². The van der Waals surface area contributed by atoms with Crippen LogP contribution in [0.4, 0.5) is 0 Å². The predicted molar refractivity (Wildman–Crippen MR) is 105 cm³/mol. The van der Waals surface area contributed by atoms with Gasteiger partial charge in [-0.05, 0) is 50.8 Å². The number of carbonyl (C=O) groups is 3. The van der Waals surface area contributed by atoms with Gasteiger partial charge in [0.25, 0.3) is 5.91 Å². The van der Waals surface area contributed by atoms with E-state index in [0.29, 0.717) is 44.5 Å². The smallest absolute Gasteiger partial charge is 0.320 e. The van der Waals surface area contributed by atoms with Crippen molar-refractivity contribution in [3.05, 3.63) is 35.4 Å².